The van der Waals surface area contributed by atoms with Crippen LogP contribution in [0.5, 0.6) is 0 Å². The molecule has 0 saturated carbocycles. The Morgan fingerprint density at radius 2 is 1.72 bits per heavy atom. The molecule has 3 nitrogen and oxygen atoms in total. The predicted molar refractivity (Wildman–Crippen MR) is 102 cm³/mol. The average Bonchev–Trinajstić information content (AvgIpc) is 2.63. The molecule has 0 atom stereocenters. The largest absolute Gasteiger partial charge is 0.282 e. The summed E-state index contributed by atoms with van der Waals surface area (Å²) < 4.78 is 29.8. The molecule has 0 fully saturated rings. The second-order valence-corrected chi connectivity index (χ2v) is 8.07. The lowest BCUT2D eigenvalue weighted by molar-refractivity contribution is 0.598. The van der Waals surface area contributed by atoms with Gasteiger partial charge in [0.05, 0.1) is 10.6 Å². The third-order valence-corrected chi connectivity index (χ3v) is 5.75. The fourth-order valence-electron chi connectivity index (χ4n) is 3.00. The normalized spacial score (nSPS) is 15.7. The first kappa shape index (κ1) is 17.6. The highest BCUT2D eigenvalue weighted by Crippen LogP contribution is 2.23. The van der Waals surface area contributed by atoms with Crippen LogP contribution in [0.15, 0.2) is 75.5 Å². The summed E-state index contributed by atoms with van der Waals surface area (Å²) >= 11 is 0. The van der Waals surface area contributed by atoms with Gasteiger partial charge in [-0.2, -0.15) is 12.8 Å². The van der Waals surface area contributed by atoms with Gasteiger partial charge >= 0.3 is 0 Å². The number of benzene rings is 2. The minimum absolute atomic E-state index is 0.250. The van der Waals surface area contributed by atoms with Crippen molar-refractivity contribution in [2.45, 2.75) is 43.9 Å². The second kappa shape index (κ2) is 7.79. The molecule has 4 heteroatoms. The van der Waals surface area contributed by atoms with Crippen molar-refractivity contribution in [3.05, 3.63) is 77.4 Å². The van der Waals surface area contributed by atoms with Crippen molar-refractivity contribution in [2.24, 2.45) is 4.40 Å². The van der Waals surface area contributed by atoms with Crippen LogP contribution in [0.4, 0.5) is 0 Å². The van der Waals surface area contributed by atoms with Crippen LogP contribution in [0.1, 0.15) is 36.8 Å². The topological polar surface area (TPSA) is 46.5 Å². The van der Waals surface area contributed by atoms with Crippen LogP contribution in [0.25, 0.3) is 0 Å². The summed E-state index contributed by atoms with van der Waals surface area (Å²) in [6.07, 6.45) is 6.83. The lowest BCUT2D eigenvalue weighted by Gasteiger charge is -2.15. The van der Waals surface area contributed by atoms with Crippen molar-refractivity contribution in [2.75, 3.05) is 0 Å². The van der Waals surface area contributed by atoms with Crippen molar-refractivity contribution >= 4 is 15.7 Å². The van der Waals surface area contributed by atoms with Crippen molar-refractivity contribution in [1.82, 2.24) is 0 Å². The van der Waals surface area contributed by atoms with Crippen LogP contribution < -0.4 is 0 Å². The van der Waals surface area contributed by atoms with Crippen molar-refractivity contribution in [1.29, 1.82) is 0 Å². The Balaban J connectivity index is 1.99. The summed E-state index contributed by atoms with van der Waals surface area (Å²) in [6, 6.07) is 16.8. The van der Waals surface area contributed by atoms with Crippen LogP contribution >= 0.6 is 0 Å². The predicted octanol–water partition coefficient (Wildman–Crippen LogP) is 4.87. The molecule has 2 aromatic rings. The number of nitrogens with zero attached hydrogens (tertiary/aromatic N) is 1. The van der Waals surface area contributed by atoms with Gasteiger partial charge in [0.1, 0.15) is 0 Å². The Morgan fingerprint density at radius 3 is 2.36 bits per heavy atom. The van der Waals surface area contributed by atoms with Crippen LogP contribution in [-0.2, 0) is 16.4 Å². The van der Waals surface area contributed by atoms with E-state index in [2.05, 4.69) is 10.5 Å². The molecule has 3 rings (SSSR count). The van der Waals surface area contributed by atoms with Gasteiger partial charge in [-0.05, 0) is 55.9 Å². The minimum Gasteiger partial charge on any atom is -0.199 e. The second-order valence-electron chi connectivity index (χ2n) is 6.46. The molecule has 0 saturated heterocycles. The number of hydrogen-bond donors (Lipinski definition) is 0. The molecule has 1 aliphatic rings. The maximum Gasteiger partial charge on any atom is 0.282 e. The smallest absolute Gasteiger partial charge is 0.199 e. The number of rotatable bonds is 5. The quantitative estimate of drug-likeness (QED) is 0.720. The summed E-state index contributed by atoms with van der Waals surface area (Å²) in [5.41, 5.74) is 3.85. The highest BCUT2D eigenvalue weighted by atomic mass is 32.2. The van der Waals surface area contributed by atoms with E-state index in [-0.39, 0.29) is 4.90 Å². The maximum absolute atomic E-state index is 12.8. The molecule has 0 amide bonds. The first-order valence-corrected chi connectivity index (χ1v) is 10.1. The van der Waals surface area contributed by atoms with Gasteiger partial charge in [0.25, 0.3) is 10.0 Å². The first-order chi connectivity index (χ1) is 12.0. The third kappa shape index (κ3) is 4.67. The van der Waals surface area contributed by atoms with E-state index in [4.69, 9.17) is 0 Å². The molecular formula is C21H23NO2S. The highest BCUT2D eigenvalue weighted by Gasteiger charge is 2.18. The number of sulfonamides is 1. The van der Waals surface area contributed by atoms with Gasteiger partial charge < -0.3 is 0 Å². The van der Waals surface area contributed by atoms with Gasteiger partial charge in [0, 0.05) is 6.42 Å². The van der Waals surface area contributed by atoms with Crippen molar-refractivity contribution in [3.8, 4) is 0 Å². The Morgan fingerprint density at radius 1 is 1.00 bits per heavy atom. The number of allylic oxidation sites excluding steroid dienone is 2. The molecule has 0 aliphatic heterocycles. The van der Waals surface area contributed by atoms with E-state index in [1.807, 2.05) is 37.3 Å². The van der Waals surface area contributed by atoms with Crippen LogP contribution in [0, 0.1) is 6.92 Å². The summed E-state index contributed by atoms with van der Waals surface area (Å²) in [5, 5.41) is 0. The molecular weight excluding hydrogens is 330 g/mol. The van der Waals surface area contributed by atoms with E-state index < -0.39 is 10.0 Å². The van der Waals surface area contributed by atoms with E-state index in [0.29, 0.717) is 12.1 Å². The van der Waals surface area contributed by atoms with Gasteiger partial charge in [-0.3, -0.25) is 0 Å². The molecule has 130 valence electrons. The molecule has 0 aromatic heterocycles. The maximum atomic E-state index is 12.8. The van der Waals surface area contributed by atoms with Crippen molar-refractivity contribution in [3.63, 3.8) is 0 Å². The van der Waals surface area contributed by atoms with Gasteiger partial charge in [0.15, 0.2) is 0 Å². The fraction of sp³-hybridized carbons (Fsp3) is 0.286. The molecule has 0 radical (unpaired) electrons. The zero-order valence-corrected chi connectivity index (χ0v) is 15.3. The fourth-order valence-corrected chi connectivity index (χ4v) is 4.06. The van der Waals surface area contributed by atoms with E-state index in [1.165, 1.54) is 0 Å². The van der Waals surface area contributed by atoms with Crippen LogP contribution in [-0.4, -0.2) is 14.1 Å². The number of hydrogen-bond acceptors (Lipinski definition) is 2. The molecule has 2 aromatic carbocycles. The van der Waals surface area contributed by atoms with E-state index in [9.17, 15) is 8.42 Å². The zero-order chi connectivity index (χ0) is 17.7. The average molecular weight is 353 g/mol. The standard InChI is InChI=1S/C21H23NO2S/c1-17-12-14-20(15-13-17)25(23,24)22-21(19-10-6-3-7-11-19)16-18-8-4-2-5-9-18/h2,4-5,8-10,12-15H,3,6-7,11,16H2,1H3/b22-21+. The molecule has 0 spiro atoms. The van der Waals surface area contributed by atoms with E-state index in [0.717, 1.165) is 42.4 Å². The first-order valence-electron chi connectivity index (χ1n) is 8.68. The monoisotopic (exact) mass is 353 g/mol. The molecule has 25 heavy (non-hydrogen) atoms. The zero-order valence-electron chi connectivity index (χ0n) is 14.5. The van der Waals surface area contributed by atoms with Gasteiger partial charge in [-0.25, -0.2) is 0 Å². The molecule has 0 unspecified atom stereocenters. The minimum atomic E-state index is -3.70. The van der Waals surface area contributed by atoms with E-state index >= 15 is 0 Å². The Kier molecular flexibility index (Phi) is 5.49. The summed E-state index contributed by atoms with van der Waals surface area (Å²) in [5.74, 6) is 0. The summed E-state index contributed by atoms with van der Waals surface area (Å²) in [4.78, 5) is 0.250. The summed E-state index contributed by atoms with van der Waals surface area (Å²) in [7, 11) is -3.70. The molecule has 0 bridgehead atoms. The van der Waals surface area contributed by atoms with Gasteiger partial charge in [-0.15, -0.1) is 0 Å². The van der Waals surface area contributed by atoms with Gasteiger partial charge in [0.2, 0.25) is 0 Å². The summed E-state index contributed by atoms with van der Waals surface area (Å²) in [6.45, 7) is 1.94. The van der Waals surface area contributed by atoms with Crippen LogP contribution in [0.3, 0.4) is 0 Å². The molecule has 0 N–H and O–H groups in total. The van der Waals surface area contributed by atoms with Crippen molar-refractivity contribution < 1.29 is 8.42 Å². The lowest BCUT2D eigenvalue weighted by Crippen LogP contribution is -2.13. The van der Waals surface area contributed by atoms with E-state index in [1.54, 1.807) is 24.3 Å². The molecule has 1 aliphatic carbocycles. The van der Waals surface area contributed by atoms with Crippen LogP contribution in [0.2, 0.25) is 0 Å². The SMILES string of the molecule is Cc1ccc(S(=O)(=O)/N=C(\Cc2ccccc2)C2=CCCCC2)cc1. The van der Waals surface area contributed by atoms with Gasteiger partial charge in [-0.1, -0.05) is 54.1 Å². The third-order valence-electron chi connectivity index (χ3n) is 4.43. The Labute approximate surface area is 150 Å². The lowest BCUT2D eigenvalue weighted by atomic mass is 9.93. The highest BCUT2D eigenvalue weighted by molar-refractivity contribution is 7.90. The number of aryl methyl sites for hydroxylation is 1. The Bertz CT molecular complexity index is 879. The Hall–Kier alpha value is -2.20. The molecule has 0 heterocycles.